The fraction of sp³-hybridized carbons (Fsp3) is 0. The molecule has 7 nitrogen and oxygen atoms in total. The minimum absolute atomic E-state index is 0.0452. The Bertz CT molecular complexity index is 784. The highest BCUT2D eigenvalue weighted by molar-refractivity contribution is 9.10. The Balaban J connectivity index is 1.97. The number of hydrogen-bond acceptors (Lipinski definition) is 6. The molecular formula is C11H5BrClFN6O. The molecule has 10 heteroatoms. The van der Waals surface area contributed by atoms with E-state index >= 15 is 0 Å². The van der Waals surface area contributed by atoms with Crippen molar-refractivity contribution in [3.05, 3.63) is 46.4 Å². The van der Waals surface area contributed by atoms with Crippen LogP contribution >= 0.6 is 27.5 Å². The van der Waals surface area contributed by atoms with Gasteiger partial charge in [-0.05, 0) is 29.8 Å². The minimum atomic E-state index is -0.558. The van der Waals surface area contributed by atoms with Gasteiger partial charge in [-0.25, -0.2) is 9.37 Å². The molecule has 0 spiro atoms. The van der Waals surface area contributed by atoms with Gasteiger partial charge in [0.05, 0.1) is 0 Å². The van der Waals surface area contributed by atoms with E-state index in [9.17, 15) is 4.39 Å². The average molecular weight is 372 g/mol. The standard InChI is InChI=1S/C11H5BrClFN6O/c12-6-1-2-7(14)8(3-6)21-11-18-9(13)17-10(19-11)20-5-15-4-16-20/h1-5H. The number of hydrogen-bond donors (Lipinski definition) is 0. The summed E-state index contributed by atoms with van der Waals surface area (Å²) in [6.07, 6.45) is 2.70. The molecule has 21 heavy (non-hydrogen) atoms. The summed E-state index contributed by atoms with van der Waals surface area (Å²) in [4.78, 5) is 15.4. The van der Waals surface area contributed by atoms with Gasteiger partial charge < -0.3 is 4.74 Å². The van der Waals surface area contributed by atoms with Crippen LogP contribution in [0.5, 0.6) is 11.8 Å². The van der Waals surface area contributed by atoms with Crippen LogP contribution in [0.2, 0.25) is 5.28 Å². The zero-order chi connectivity index (χ0) is 14.8. The first-order valence-electron chi connectivity index (χ1n) is 5.51. The van der Waals surface area contributed by atoms with Gasteiger partial charge in [0.15, 0.2) is 11.6 Å². The predicted molar refractivity (Wildman–Crippen MR) is 73.9 cm³/mol. The van der Waals surface area contributed by atoms with Gasteiger partial charge in [-0.15, -0.1) is 0 Å². The van der Waals surface area contributed by atoms with Crippen LogP contribution in [0.4, 0.5) is 4.39 Å². The summed E-state index contributed by atoms with van der Waals surface area (Å²) in [6.45, 7) is 0. The van der Waals surface area contributed by atoms with Crippen LogP contribution in [0.1, 0.15) is 0 Å². The van der Waals surface area contributed by atoms with E-state index in [1.54, 1.807) is 6.07 Å². The molecule has 3 aromatic rings. The van der Waals surface area contributed by atoms with Gasteiger partial charge in [0, 0.05) is 4.47 Å². The Morgan fingerprint density at radius 3 is 2.86 bits per heavy atom. The average Bonchev–Trinajstić information content (AvgIpc) is 2.96. The predicted octanol–water partition coefficient (Wildman–Crippen LogP) is 2.80. The maximum Gasteiger partial charge on any atom is 0.328 e. The van der Waals surface area contributed by atoms with Crippen molar-refractivity contribution in [2.24, 2.45) is 0 Å². The molecule has 0 saturated carbocycles. The topological polar surface area (TPSA) is 78.6 Å². The Labute approximate surface area is 130 Å². The second kappa shape index (κ2) is 5.70. The molecule has 0 fully saturated rings. The van der Waals surface area contributed by atoms with Crippen LogP contribution < -0.4 is 4.74 Å². The molecule has 0 aliphatic rings. The van der Waals surface area contributed by atoms with Crippen LogP contribution in [0, 0.1) is 5.82 Å². The van der Waals surface area contributed by atoms with Gasteiger partial charge in [-0.1, -0.05) is 15.9 Å². The molecule has 0 bridgehead atoms. The summed E-state index contributed by atoms with van der Waals surface area (Å²) in [5.74, 6) is -0.494. The van der Waals surface area contributed by atoms with Gasteiger partial charge in [-0.3, -0.25) is 0 Å². The van der Waals surface area contributed by atoms with E-state index < -0.39 is 5.82 Å². The largest absolute Gasteiger partial charge is 0.421 e. The van der Waals surface area contributed by atoms with Crippen LogP contribution in [0.3, 0.4) is 0 Å². The van der Waals surface area contributed by atoms with Gasteiger partial charge in [0.2, 0.25) is 5.28 Å². The van der Waals surface area contributed by atoms with Crippen molar-refractivity contribution < 1.29 is 9.13 Å². The van der Waals surface area contributed by atoms with Crippen molar-refractivity contribution in [3.8, 4) is 17.7 Å². The van der Waals surface area contributed by atoms with Crippen molar-refractivity contribution in [1.82, 2.24) is 29.7 Å². The number of benzene rings is 1. The lowest BCUT2D eigenvalue weighted by Gasteiger charge is -2.06. The highest BCUT2D eigenvalue weighted by Gasteiger charge is 2.12. The molecule has 0 aliphatic carbocycles. The summed E-state index contributed by atoms with van der Waals surface area (Å²) in [6, 6.07) is 4.09. The lowest BCUT2D eigenvalue weighted by atomic mass is 10.3. The van der Waals surface area contributed by atoms with Crippen molar-refractivity contribution in [2.45, 2.75) is 0 Å². The molecule has 0 N–H and O–H groups in total. The molecule has 2 aromatic heterocycles. The Morgan fingerprint density at radius 2 is 2.10 bits per heavy atom. The molecule has 0 aliphatic heterocycles. The third-order valence-electron chi connectivity index (χ3n) is 2.29. The molecule has 2 heterocycles. The minimum Gasteiger partial charge on any atom is -0.421 e. The Kier molecular flexibility index (Phi) is 3.76. The van der Waals surface area contributed by atoms with E-state index in [0.29, 0.717) is 4.47 Å². The third-order valence-corrected chi connectivity index (χ3v) is 2.96. The number of aromatic nitrogens is 6. The van der Waals surface area contributed by atoms with Crippen LogP contribution in [0.15, 0.2) is 35.3 Å². The van der Waals surface area contributed by atoms with Crippen molar-refractivity contribution in [1.29, 1.82) is 0 Å². The first-order chi connectivity index (χ1) is 10.1. The second-order valence-electron chi connectivity index (χ2n) is 3.70. The number of halogens is 3. The molecule has 1 aromatic carbocycles. The van der Waals surface area contributed by atoms with Crippen LogP contribution in [-0.2, 0) is 0 Å². The third kappa shape index (κ3) is 3.14. The van der Waals surface area contributed by atoms with E-state index in [4.69, 9.17) is 16.3 Å². The Morgan fingerprint density at radius 1 is 1.24 bits per heavy atom. The molecule has 0 atom stereocenters. The van der Waals surface area contributed by atoms with Crippen molar-refractivity contribution in [2.75, 3.05) is 0 Å². The summed E-state index contributed by atoms with van der Waals surface area (Å²) >= 11 is 9.02. The molecule has 0 amide bonds. The molecule has 3 rings (SSSR count). The molecule has 0 radical (unpaired) electrons. The number of rotatable bonds is 3. The summed E-state index contributed by atoms with van der Waals surface area (Å²) in [7, 11) is 0. The lowest BCUT2D eigenvalue weighted by Crippen LogP contribution is -2.05. The SMILES string of the molecule is Fc1ccc(Br)cc1Oc1nc(Cl)nc(-n2cncn2)n1. The first-order valence-corrected chi connectivity index (χ1v) is 6.68. The Hall–Kier alpha value is -2.13. The normalized spacial score (nSPS) is 10.6. The van der Waals surface area contributed by atoms with Crippen molar-refractivity contribution >= 4 is 27.5 Å². The monoisotopic (exact) mass is 370 g/mol. The van der Waals surface area contributed by atoms with E-state index in [-0.39, 0.29) is 23.0 Å². The van der Waals surface area contributed by atoms with E-state index in [1.807, 2.05) is 0 Å². The fourth-order valence-corrected chi connectivity index (χ4v) is 1.92. The maximum atomic E-state index is 13.7. The lowest BCUT2D eigenvalue weighted by molar-refractivity contribution is 0.407. The van der Waals surface area contributed by atoms with Gasteiger partial charge in [-0.2, -0.15) is 24.7 Å². The zero-order valence-corrected chi connectivity index (χ0v) is 12.5. The number of ether oxygens (including phenoxy) is 1. The summed E-state index contributed by atoms with van der Waals surface area (Å²) < 4.78 is 20.9. The quantitative estimate of drug-likeness (QED) is 0.704. The molecule has 106 valence electrons. The second-order valence-corrected chi connectivity index (χ2v) is 4.96. The van der Waals surface area contributed by atoms with E-state index in [2.05, 4.69) is 41.0 Å². The van der Waals surface area contributed by atoms with Gasteiger partial charge >= 0.3 is 6.01 Å². The first kappa shape index (κ1) is 13.8. The van der Waals surface area contributed by atoms with Crippen LogP contribution in [-0.4, -0.2) is 29.7 Å². The van der Waals surface area contributed by atoms with Gasteiger partial charge in [0.1, 0.15) is 12.7 Å². The van der Waals surface area contributed by atoms with E-state index in [1.165, 1.54) is 29.5 Å². The van der Waals surface area contributed by atoms with Crippen molar-refractivity contribution in [3.63, 3.8) is 0 Å². The smallest absolute Gasteiger partial charge is 0.328 e. The molecule has 0 saturated heterocycles. The van der Waals surface area contributed by atoms with Gasteiger partial charge in [0.25, 0.3) is 5.95 Å². The zero-order valence-electron chi connectivity index (χ0n) is 10.1. The van der Waals surface area contributed by atoms with Crippen LogP contribution in [0.25, 0.3) is 5.95 Å². The maximum absolute atomic E-state index is 13.7. The van der Waals surface area contributed by atoms with E-state index in [0.717, 1.165) is 0 Å². The fourth-order valence-electron chi connectivity index (χ4n) is 1.44. The highest BCUT2D eigenvalue weighted by atomic mass is 79.9. The highest BCUT2D eigenvalue weighted by Crippen LogP contribution is 2.26. The molecule has 0 unspecified atom stereocenters. The summed E-state index contributed by atoms with van der Waals surface area (Å²) in [5.41, 5.74) is 0. The molecular weight excluding hydrogens is 367 g/mol. The summed E-state index contributed by atoms with van der Waals surface area (Å²) in [5, 5.41) is 3.75. The number of nitrogens with zero attached hydrogens (tertiary/aromatic N) is 6.